The number of benzene rings is 2. The van der Waals surface area contributed by atoms with Gasteiger partial charge in [0.1, 0.15) is 21.5 Å². The van der Waals surface area contributed by atoms with E-state index in [0.717, 1.165) is 36.5 Å². The summed E-state index contributed by atoms with van der Waals surface area (Å²) >= 11 is 7.30. The zero-order valence-electron chi connectivity index (χ0n) is 23.3. The lowest BCUT2D eigenvalue weighted by molar-refractivity contribution is 0.170. The van der Waals surface area contributed by atoms with Crippen LogP contribution in [-0.2, 0) is 22.0 Å². The Bertz CT molecular complexity index is 1810. The molecule has 1 aliphatic rings. The van der Waals surface area contributed by atoms with Crippen LogP contribution in [0.15, 0.2) is 58.9 Å². The lowest BCUT2D eigenvalue weighted by Crippen LogP contribution is -2.36. The molecule has 14 heteroatoms. The molecular formula is C29H27ClF2N4O5S2. The molecule has 0 atom stereocenters. The number of anilines is 1. The molecule has 0 aliphatic carbocycles. The van der Waals surface area contributed by atoms with E-state index < -0.39 is 49.6 Å². The minimum Gasteiger partial charge on any atom is -0.464 e. The first-order valence-corrected chi connectivity index (χ1v) is 15.8. The Balaban J connectivity index is 1.48. The Kier molecular flexibility index (Phi) is 8.45. The second-order valence-corrected chi connectivity index (χ2v) is 14.0. The monoisotopic (exact) mass is 648 g/mol. The van der Waals surface area contributed by atoms with E-state index in [1.54, 1.807) is 18.3 Å². The largest absolute Gasteiger partial charge is 0.464 e. The Hall–Kier alpha value is -3.65. The number of amides is 1. The van der Waals surface area contributed by atoms with Crippen molar-refractivity contribution >= 4 is 44.9 Å². The summed E-state index contributed by atoms with van der Waals surface area (Å²) in [5.74, 6) is -3.57. The van der Waals surface area contributed by atoms with Gasteiger partial charge in [-0.05, 0) is 55.4 Å². The number of rotatable bonds is 8. The summed E-state index contributed by atoms with van der Waals surface area (Å²) in [7, 11) is -5.12. The van der Waals surface area contributed by atoms with Crippen LogP contribution >= 0.6 is 22.9 Å². The Morgan fingerprint density at radius 2 is 1.86 bits per heavy atom. The first kappa shape index (κ1) is 30.8. The number of nitrogens with zero attached hydrogens (tertiary/aromatic N) is 4. The molecule has 1 amide bonds. The molecule has 9 nitrogen and oxygen atoms in total. The van der Waals surface area contributed by atoms with Crippen molar-refractivity contribution in [1.82, 2.24) is 14.9 Å². The topological polar surface area (TPSA) is 113 Å². The van der Waals surface area contributed by atoms with Crippen molar-refractivity contribution in [2.45, 2.75) is 44.0 Å². The number of sulfonamides is 1. The Morgan fingerprint density at radius 3 is 2.49 bits per heavy atom. The predicted octanol–water partition coefficient (Wildman–Crippen LogP) is 7.31. The van der Waals surface area contributed by atoms with Crippen LogP contribution in [-0.4, -0.2) is 47.6 Å². The van der Waals surface area contributed by atoms with E-state index in [1.165, 1.54) is 17.5 Å². The lowest BCUT2D eigenvalue weighted by atomic mass is 9.98. The molecule has 0 unspecified atom stereocenters. The third kappa shape index (κ3) is 6.49. The van der Waals surface area contributed by atoms with E-state index >= 15 is 8.78 Å². The molecule has 226 valence electrons. The minimum absolute atomic E-state index is 0.0738. The molecule has 1 fully saturated rings. The number of hydrogen-bond acceptors (Lipinski definition) is 8. The smallest absolute Gasteiger partial charge is 0.427 e. The molecule has 1 N–H and O–H groups in total. The number of aromatic nitrogens is 2. The molecule has 2 aromatic heterocycles. The number of carboxylic acid groups (broad SMARTS) is 1. The third-order valence-electron chi connectivity index (χ3n) is 6.64. The quantitative estimate of drug-likeness (QED) is 0.212. The molecule has 0 radical (unpaired) electrons. The highest BCUT2D eigenvalue weighted by atomic mass is 35.5. The van der Waals surface area contributed by atoms with Gasteiger partial charge >= 0.3 is 6.09 Å². The van der Waals surface area contributed by atoms with Crippen LogP contribution in [0.1, 0.15) is 37.9 Å². The van der Waals surface area contributed by atoms with Gasteiger partial charge in [-0.15, -0.1) is 15.6 Å². The van der Waals surface area contributed by atoms with Crippen LogP contribution in [0, 0.1) is 11.6 Å². The number of hydrogen-bond donors (Lipinski definition) is 1. The number of ether oxygens (including phenoxy) is 1. The van der Waals surface area contributed by atoms with Gasteiger partial charge in [-0.2, -0.15) is 0 Å². The average molecular weight is 649 g/mol. The van der Waals surface area contributed by atoms with Crippen molar-refractivity contribution in [3.05, 3.63) is 81.4 Å². The number of carbonyl (C=O) groups is 1. The normalized spacial score (nSPS) is 13.9. The highest BCUT2D eigenvalue weighted by molar-refractivity contribution is 7.93. The van der Waals surface area contributed by atoms with Crippen LogP contribution in [0.25, 0.3) is 11.1 Å². The van der Waals surface area contributed by atoms with Gasteiger partial charge in [-0.3, -0.25) is 9.88 Å². The van der Waals surface area contributed by atoms with Crippen LogP contribution in [0.4, 0.5) is 19.4 Å². The van der Waals surface area contributed by atoms with Gasteiger partial charge < -0.3 is 9.84 Å². The van der Waals surface area contributed by atoms with Crippen molar-refractivity contribution < 1.29 is 31.8 Å². The molecule has 1 aliphatic heterocycles. The van der Waals surface area contributed by atoms with Gasteiger partial charge in [0, 0.05) is 46.3 Å². The van der Waals surface area contributed by atoms with Gasteiger partial charge in [0.05, 0.1) is 5.69 Å². The summed E-state index contributed by atoms with van der Waals surface area (Å²) in [5.41, 5.74) is 1.47. The molecule has 2 aromatic carbocycles. The molecule has 0 saturated carbocycles. The molecule has 0 spiro atoms. The van der Waals surface area contributed by atoms with E-state index in [1.807, 2.05) is 26.8 Å². The van der Waals surface area contributed by atoms with Gasteiger partial charge in [0.2, 0.25) is 0 Å². The fraction of sp³-hybridized carbons (Fsp3) is 0.276. The number of halogens is 3. The van der Waals surface area contributed by atoms with E-state index in [-0.39, 0.29) is 10.1 Å². The van der Waals surface area contributed by atoms with Crippen molar-refractivity contribution in [3.8, 4) is 22.6 Å². The van der Waals surface area contributed by atoms with E-state index in [4.69, 9.17) is 16.3 Å². The molecule has 4 aromatic rings. The molecule has 43 heavy (non-hydrogen) atoms. The third-order valence-corrected chi connectivity index (χ3v) is 9.83. The van der Waals surface area contributed by atoms with Crippen molar-refractivity contribution in [2.24, 2.45) is 0 Å². The second-order valence-electron chi connectivity index (χ2n) is 10.9. The SMILES string of the molecule is CC(C)(C)c1nc(N(C(=O)O)S(=O)(=O)c2cc(F)c(Oc3ccc(Cl)cc3-c3ccnc(CN4CCC4)c3)cc2F)cs1. The second kappa shape index (κ2) is 11.8. The molecule has 3 heterocycles. The highest BCUT2D eigenvalue weighted by Crippen LogP contribution is 2.38. The van der Waals surface area contributed by atoms with E-state index in [2.05, 4.69) is 14.9 Å². The standard InChI is InChI=1S/C29H27ClF2N4O5S2/c1-29(2,3)27-34-26(16-42-27)36(28(37)38)43(39,40)25-14-21(31)24(13-22(25)32)41-23-6-5-18(30)12-20(23)17-7-8-33-19(11-17)15-35-9-4-10-35/h5-8,11-14,16H,4,9-10,15H2,1-3H3,(H,37,38). The summed E-state index contributed by atoms with van der Waals surface area (Å²) in [5, 5.41) is 11.8. The molecular weight excluding hydrogens is 622 g/mol. The van der Waals surface area contributed by atoms with Crippen LogP contribution in [0.5, 0.6) is 11.5 Å². The summed E-state index contributed by atoms with van der Waals surface area (Å²) in [6.45, 7) is 8.08. The average Bonchev–Trinajstić information content (AvgIpc) is 3.39. The van der Waals surface area contributed by atoms with Crippen molar-refractivity contribution in [2.75, 3.05) is 17.4 Å². The fourth-order valence-corrected chi connectivity index (χ4v) is 6.76. The Morgan fingerprint density at radius 1 is 1.12 bits per heavy atom. The summed E-state index contributed by atoms with van der Waals surface area (Å²) in [4.78, 5) is 21.6. The van der Waals surface area contributed by atoms with Crippen molar-refractivity contribution in [3.63, 3.8) is 0 Å². The maximum atomic E-state index is 15.4. The first-order chi connectivity index (χ1) is 20.2. The summed E-state index contributed by atoms with van der Waals surface area (Å²) in [6.07, 6.45) is 0.837. The molecule has 1 saturated heterocycles. The maximum absolute atomic E-state index is 15.4. The molecule has 5 rings (SSSR count). The summed E-state index contributed by atoms with van der Waals surface area (Å²) in [6, 6.07) is 9.14. The summed E-state index contributed by atoms with van der Waals surface area (Å²) < 4.78 is 63.0. The zero-order valence-corrected chi connectivity index (χ0v) is 25.7. The maximum Gasteiger partial charge on any atom is 0.427 e. The molecule has 0 bridgehead atoms. The predicted molar refractivity (Wildman–Crippen MR) is 160 cm³/mol. The van der Waals surface area contributed by atoms with Gasteiger partial charge in [0.25, 0.3) is 10.0 Å². The highest BCUT2D eigenvalue weighted by Gasteiger charge is 2.37. The first-order valence-electron chi connectivity index (χ1n) is 13.1. The lowest BCUT2D eigenvalue weighted by Gasteiger charge is -2.30. The van der Waals surface area contributed by atoms with Crippen LogP contribution in [0.2, 0.25) is 5.02 Å². The fourth-order valence-electron chi connectivity index (χ4n) is 4.35. The van der Waals surface area contributed by atoms with E-state index in [9.17, 15) is 18.3 Å². The van der Waals surface area contributed by atoms with Gasteiger partial charge in [0.15, 0.2) is 17.4 Å². The van der Waals surface area contributed by atoms with Gasteiger partial charge in [-0.1, -0.05) is 32.4 Å². The minimum atomic E-state index is -5.12. The Labute approximate surface area is 256 Å². The van der Waals surface area contributed by atoms with Crippen LogP contribution < -0.4 is 9.04 Å². The number of pyridine rings is 1. The van der Waals surface area contributed by atoms with E-state index in [0.29, 0.717) is 39.8 Å². The number of likely N-dealkylation sites (tertiary alicyclic amines) is 1. The van der Waals surface area contributed by atoms with Gasteiger partial charge in [-0.25, -0.2) is 27.0 Å². The number of thiazole rings is 1. The van der Waals surface area contributed by atoms with Crippen molar-refractivity contribution in [1.29, 1.82) is 0 Å². The van der Waals surface area contributed by atoms with Crippen LogP contribution in [0.3, 0.4) is 0 Å². The zero-order chi connectivity index (χ0) is 31.1.